The molecule has 1 amide bonds. The van der Waals surface area contributed by atoms with E-state index in [0.717, 1.165) is 11.4 Å². The standard InChI is InChI=1S/C22H20FN3O3/c1-2-29-22(28)20-17-14-25(21(27)16-10-6-7-11-18(16)23)13-12-19(17)26(24-20)15-8-4-3-5-9-15/h3-11H,2,12-14H2,1H3. The van der Waals surface area contributed by atoms with Crippen molar-refractivity contribution in [2.45, 2.75) is 19.9 Å². The monoisotopic (exact) mass is 393 g/mol. The summed E-state index contributed by atoms with van der Waals surface area (Å²) in [4.78, 5) is 26.9. The highest BCUT2D eigenvalue weighted by atomic mass is 19.1. The number of hydrogen-bond donors (Lipinski definition) is 0. The molecule has 1 aliphatic rings. The first-order valence-corrected chi connectivity index (χ1v) is 9.47. The molecule has 2 heterocycles. The molecule has 0 aliphatic carbocycles. The zero-order valence-electron chi connectivity index (χ0n) is 16.0. The van der Waals surface area contributed by atoms with Crippen molar-refractivity contribution < 1.29 is 18.7 Å². The Labute approximate surface area is 167 Å². The molecule has 1 aliphatic heterocycles. The molecule has 0 unspecified atom stereocenters. The van der Waals surface area contributed by atoms with Crippen molar-refractivity contribution in [1.82, 2.24) is 14.7 Å². The van der Waals surface area contributed by atoms with Crippen molar-refractivity contribution >= 4 is 11.9 Å². The topological polar surface area (TPSA) is 64.4 Å². The van der Waals surface area contributed by atoms with Gasteiger partial charge in [-0.1, -0.05) is 30.3 Å². The smallest absolute Gasteiger partial charge is 0.359 e. The number of ether oxygens (including phenoxy) is 1. The fourth-order valence-corrected chi connectivity index (χ4v) is 3.54. The van der Waals surface area contributed by atoms with Gasteiger partial charge in [0, 0.05) is 18.5 Å². The quantitative estimate of drug-likeness (QED) is 0.638. The summed E-state index contributed by atoms with van der Waals surface area (Å²) in [7, 11) is 0. The SMILES string of the molecule is CCOC(=O)c1nn(-c2ccccc2)c2c1CN(C(=O)c1ccccc1F)CC2. The van der Waals surface area contributed by atoms with E-state index in [-0.39, 0.29) is 24.4 Å². The molecule has 148 valence electrons. The second-order valence-electron chi connectivity index (χ2n) is 6.70. The van der Waals surface area contributed by atoms with E-state index in [1.807, 2.05) is 30.3 Å². The van der Waals surface area contributed by atoms with Gasteiger partial charge >= 0.3 is 5.97 Å². The van der Waals surface area contributed by atoms with Crippen molar-refractivity contribution in [2.24, 2.45) is 0 Å². The highest BCUT2D eigenvalue weighted by molar-refractivity contribution is 5.95. The predicted molar refractivity (Wildman–Crippen MR) is 104 cm³/mol. The van der Waals surface area contributed by atoms with Gasteiger partial charge in [0.2, 0.25) is 0 Å². The van der Waals surface area contributed by atoms with E-state index in [4.69, 9.17) is 4.74 Å². The highest BCUT2D eigenvalue weighted by Gasteiger charge is 2.32. The fraction of sp³-hybridized carbons (Fsp3) is 0.227. The van der Waals surface area contributed by atoms with Crippen LogP contribution in [0.25, 0.3) is 5.69 Å². The number of benzene rings is 2. The lowest BCUT2D eigenvalue weighted by Gasteiger charge is -2.28. The Morgan fingerprint density at radius 1 is 1.10 bits per heavy atom. The summed E-state index contributed by atoms with van der Waals surface area (Å²) < 4.78 is 21.0. The number of nitrogens with zero attached hydrogens (tertiary/aromatic N) is 3. The average molecular weight is 393 g/mol. The molecule has 0 N–H and O–H groups in total. The number of rotatable bonds is 4. The summed E-state index contributed by atoms with van der Waals surface area (Å²) in [6, 6.07) is 15.4. The zero-order valence-corrected chi connectivity index (χ0v) is 16.0. The molecule has 0 bridgehead atoms. The van der Waals surface area contributed by atoms with Crippen LogP contribution in [0.15, 0.2) is 54.6 Å². The number of halogens is 1. The number of para-hydroxylation sites is 1. The van der Waals surface area contributed by atoms with Crippen LogP contribution in [0.4, 0.5) is 4.39 Å². The molecule has 4 rings (SSSR count). The van der Waals surface area contributed by atoms with Crippen LogP contribution in [0.5, 0.6) is 0 Å². The van der Waals surface area contributed by atoms with Crippen LogP contribution < -0.4 is 0 Å². The van der Waals surface area contributed by atoms with Crippen LogP contribution in [0, 0.1) is 5.82 Å². The molecule has 0 saturated heterocycles. The maximum absolute atomic E-state index is 14.1. The Morgan fingerprint density at radius 2 is 1.83 bits per heavy atom. The normalized spacial score (nSPS) is 13.1. The molecule has 0 fully saturated rings. The summed E-state index contributed by atoms with van der Waals surface area (Å²) in [6.07, 6.45) is 0.497. The molecular weight excluding hydrogens is 373 g/mol. The maximum atomic E-state index is 14.1. The number of carbonyl (C=O) groups is 2. The van der Waals surface area contributed by atoms with E-state index >= 15 is 0 Å². The third-order valence-corrected chi connectivity index (χ3v) is 4.92. The van der Waals surface area contributed by atoms with Crippen LogP contribution in [0.2, 0.25) is 0 Å². The Morgan fingerprint density at radius 3 is 2.55 bits per heavy atom. The molecular formula is C22H20FN3O3. The first-order valence-electron chi connectivity index (χ1n) is 9.47. The second-order valence-corrected chi connectivity index (χ2v) is 6.70. The third kappa shape index (κ3) is 3.51. The Hall–Kier alpha value is -3.48. The second kappa shape index (κ2) is 7.87. The van der Waals surface area contributed by atoms with Crippen molar-refractivity contribution in [1.29, 1.82) is 0 Å². The van der Waals surface area contributed by atoms with E-state index in [9.17, 15) is 14.0 Å². The number of fused-ring (bicyclic) bond motifs is 1. The van der Waals surface area contributed by atoms with E-state index in [1.54, 1.807) is 28.6 Å². The van der Waals surface area contributed by atoms with Crippen LogP contribution in [0.3, 0.4) is 0 Å². The van der Waals surface area contributed by atoms with Gasteiger partial charge in [0.25, 0.3) is 5.91 Å². The molecule has 1 aromatic heterocycles. The minimum Gasteiger partial charge on any atom is -0.461 e. The lowest BCUT2D eigenvalue weighted by atomic mass is 10.0. The van der Waals surface area contributed by atoms with Gasteiger partial charge < -0.3 is 9.64 Å². The fourth-order valence-electron chi connectivity index (χ4n) is 3.54. The van der Waals surface area contributed by atoms with Gasteiger partial charge in [-0.3, -0.25) is 4.79 Å². The maximum Gasteiger partial charge on any atom is 0.359 e. The largest absolute Gasteiger partial charge is 0.461 e. The molecule has 6 nitrogen and oxygen atoms in total. The van der Waals surface area contributed by atoms with Gasteiger partial charge in [0.1, 0.15) is 5.82 Å². The number of aromatic nitrogens is 2. The Balaban J connectivity index is 1.73. The zero-order chi connectivity index (χ0) is 20.4. The summed E-state index contributed by atoms with van der Waals surface area (Å²) in [5.74, 6) is -1.50. The van der Waals surface area contributed by atoms with Gasteiger partial charge in [0.05, 0.1) is 30.1 Å². The average Bonchev–Trinajstić information content (AvgIpc) is 3.13. The van der Waals surface area contributed by atoms with E-state index in [2.05, 4.69) is 5.10 Å². The number of carbonyl (C=O) groups excluding carboxylic acids is 2. The van der Waals surface area contributed by atoms with Gasteiger partial charge in [-0.25, -0.2) is 13.9 Å². The minimum absolute atomic E-state index is 0.0177. The molecule has 0 saturated carbocycles. The molecule has 7 heteroatoms. The number of esters is 1. The molecule has 0 spiro atoms. The van der Waals surface area contributed by atoms with Gasteiger partial charge in [0.15, 0.2) is 5.69 Å². The highest BCUT2D eigenvalue weighted by Crippen LogP contribution is 2.27. The molecule has 3 aromatic rings. The Kier molecular flexibility index (Phi) is 5.12. The van der Waals surface area contributed by atoms with Crippen LogP contribution >= 0.6 is 0 Å². The van der Waals surface area contributed by atoms with Crippen molar-refractivity contribution in [3.05, 3.63) is 82.9 Å². The van der Waals surface area contributed by atoms with Crippen LogP contribution in [-0.2, 0) is 17.7 Å². The minimum atomic E-state index is -0.561. The van der Waals surface area contributed by atoms with Crippen LogP contribution in [0.1, 0.15) is 39.0 Å². The lowest BCUT2D eigenvalue weighted by Crippen LogP contribution is -2.37. The summed E-state index contributed by atoms with van der Waals surface area (Å²) in [5, 5.41) is 4.49. The molecule has 2 aromatic carbocycles. The summed E-state index contributed by atoms with van der Waals surface area (Å²) >= 11 is 0. The number of amides is 1. The van der Waals surface area contributed by atoms with E-state index < -0.39 is 17.7 Å². The first kappa shape index (κ1) is 18.9. The number of hydrogen-bond acceptors (Lipinski definition) is 4. The lowest BCUT2D eigenvalue weighted by molar-refractivity contribution is 0.0513. The van der Waals surface area contributed by atoms with Crippen molar-refractivity contribution in [3.8, 4) is 5.69 Å². The molecule has 0 atom stereocenters. The molecule has 29 heavy (non-hydrogen) atoms. The first-order chi connectivity index (χ1) is 14.1. The Bertz CT molecular complexity index is 1060. The van der Waals surface area contributed by atoms with Gasteiger partial charge in [-0.05, 0) is 31.2 Å². The molecule has 0 radical (unpaired) electrons. The van der Waals surface area contributed by atoms with Crippen LogP contribution in [-0.4, -0.2) is 39.7 Å². The van der Waals surface area contributed by atoms with E-state index in [1.165, 1.54) is 12.1 Å². The predicted octanol–water partition coefficient (Wildman–Crippen LogP) is 3.39. The van der Waals surface area contributed by atoms with Gasteiger partial charge in [-0.15, -0.1) is 0 Å². The van der Waals surface area contributed by atoms with Gasteiger partial charge in [-0.2, -0.15) is 5.10 Å². The van der Waals surface area contributed by atoms with Crippen molar-refractivity contribution in [3.63, 3.8) is 0 Å². The van der Waals surface area contributed by atoms with E-state index in [0.29, 0.717) is 18.5 Å². The third-order valence-electron chi connectivity index (χ3n) is 4.92. The summed E-state index contributed by atoms with van der Waals surface area (Å²) in [5.41, 5.74) is 2.54. The van der Waals surface area contributed by atoms with Crippen molar-refractivity contribution in [2.75, 3.05) is 13.2 Å². The summed E-state index contributed by atoms with van der Waals surface area (Å²) in [6.45, 7) is 2.53.